The van der Waals surface area contributed by atoms with Crippen molar-refractivity contribution >= 4 is 17.4 Å². The summed E-state index contributed by atoms with van der Waals surface area (Å²) in [7, 11) is 0. The van der Waals surface area contributed by atoms with Crippen LogP contribution in [-0.2, 0) is 17.8 Å². The second-order valence-corrected chi connectivity index (χ2v) is 4.54. The fraction of sp³-hybridized carbons (Fsp3) is 0.636. The van der Waals surface area contributed by atoms with Gasteiger partial charge < -0.3 is 5.32 Å². The van der Waals surface area contributed by atoms with Crippen molar-refractivity contribution in [2.24, 2.45) is 5.92 Å². The van der Waals surface area contributed by atoms with Crippen LogP contribution in [0.2, 0.25) is 5.02 Å². The van der Waals surface area contributed by atoms with E-state index in [1.807, 2.05) is 18.5 Å². The van der Waals surface area contributed by atoms with Crippen molar-refractivity contribution in [3.05, 3.63) is 16.4 Å². The summed E-state index contributed by atoms with van der Waals surface area (Å²) in [5.41, 5.74) is 1.66. The lowest BCUT2D eigenvalue weighted by molar-refractivity contribution is -0.123. The molecule has 0 aromatic carbocycles. The number of Topliss-reactive ketones (excluding diaryl/α,β-unsaturated/α-hetero) is 1. The van der Waals surface area contributed by atoms with Gasteiger partial charge in [0.1, 0.15) is 5.78 Å². The van der Waals surface area contributed by atoms with Crippen LogP contribution in [0.4, 0.5) is 0 Å². The predicted octanol–water partition coefficient (Wildman–Crippen LogP) is 1.20. The fourth-order valence-corrected chi connectivity index (χ4v) is 2.07. The lowest BCUT2D eigenvalue weighted by Gasteiger charge is -2.25. The Kier molecular flexibility index (Phi) is 3.30. The first-order chi connectivity index (χ1) is 7.63. The molecule has 2 heterocycles. The average Bonchev–Trinajstić information content (AvgIpc) is 2.43. The normalized spacial score (nSPS) is 16.2. The molecule has 0 bridgehead atoms. The maximum Gasteiger partial charge on any atom is 0.144 e. The summed E-state index contributed by atoms with van der Waals surface area (Å²) in [5.74, 6) is 0.423. The summed E-state index contributed by atoms with van der Waals surface area (Å²) in [4.78, 5) is 11.9. The number of aromatic nitrogens is 2. The van der Waals surface area contributed by atoms with Gasteiger partial charge in [0.25, 0.3) is 0 Å². The second-order valence-electron chi connectivity index (χ2n) is 4.16. The average molecular weight is 242 g/mol. The van der Waals surface area contributed by atoms with E-state index in [0.717, 1.165) is 31.0 Å². The van der Waals surface area contributed by atoms with E-state index in [2.05, 4.69) is 10.4 Å². The van der Waals surface area contributed by atoms with Crippen LogP contribution >= 0.6 is 11.6 Å². The van der Waals surface area contributed by atoms with E-state index in [0.29, 0.717) is 11.4 Å². The van der Waals surface area contributed by atoms with Gasteiger partial charge in [-0.1, -0.05) is 11.6 Å². The summed E-state index contributed by atoms with van der Waals surface area (Å²) in [6.45, 7) is 6.22. The Morgan fingerprint density at radius 2 is 2.31 bits per heavy atom. The van der Waals surface area contributed by atoms with Gasteiger partial charge in [0.2, 0.25) is 0 Å². The molecule has 0 aliphatic carbocycles. The van der Waals surface area contributed by atoms with Crippen LogP contribution in [0.25, 0.3) is 0 Å². The van der Waals surface area contributed by atoms with E-state index in [1.165, 1.54) is 0 Å². The minimum Gasteiger partial charge on any atom is -0.315 e. The summed E-state index contributed by atoms with van der Waals surface area (Å²) in [5, 5.41) is 8.04. The highest BCUT2D eigenvalue weighted by atomic mass is 35.5. The van der Waals surface area contributed by atoms with E-state index >= 15 is 0 Å². The first kappa shape index (κ1) is 11.6. The van der Waals surface area contributed by atoms with Gasteiger partial charge >= 0.3 is 0 Å². The van der Waals surface area contributed by atoms with Crippen molar-refractivity contribution in [3.8, 4) is 0 Å². The molecule has 1 aliphatic rings. The maximum absolute atomic E-state index is 11.9. The molecule has 5 heteroatoms. The molecule has 0 atom stereocenters. The number of carbonyl (C=O) groups excluding carboxylic acids is 1. The van der Waals surface area contributed by atoms with Crippen molar-refractivity contribution in [3.63, 3.8) is 0 Å². The van der Waals surface area contributed by atoms with Gasteiger partial charge in [-0.2, -0.15) is 5.10 Å². The highest BCUT2D eigenvalue weighted by Crippen LogP contribution is 2.22. The number of rotatable bonds is 4. The standard InChI is InChI=1S/C11H16ClN3O/c1-3-15-9(11(12)7(2)14-15)4-10(16)8-5-13-6-8/h8,13H,3-6H2,1-2H3. The predicted molar refractivity (Wildman–Crippen MR) is 62.7 cm³/mol. The van der Waals surface area contributed by atoms with Crippen molar-refractivity contribution in [1.82, 2.24) is 15.1 Å². The third-order valence-electron chi connectivity index (χ3n) is 3.03. The number of carbonyl (C=O) groups is 1. The van der Waals surface area contributed by atoms with Gasteiger partial charge in [0, 0.05) is 25.6 Å². The van der Waals surface area contributed by atoms with Crippen LogP contribution in [0.3, 0.4) is 0 Å². The molecule has 16 heavy (non-hydrogen) atoms. The van der Waals surface area contributed by atoms with Crippen molar-refractivity contribution < 1.29 is 4.79 Å². The van der Waals surface area contributed by atoms with Crippen LogP contribution in [0.1, 0.15) is 18.3 Å². The molecule has 1 fully saturated rings. The number of halogens is 1. The number of hydrogen-bond donors (Lipinski definition) is 1. The Balaban J connectivity index is 2.16. The smallest absolute Gasteiger partial charge is 0.144 e. The van der Waals surface area contributed by atoms with E-state index in [-0.39, 0.29) is 11.7 Å². The molecule has 1 aromatic rings. The van der Waals surface area contributed by atoms with Gasteiger partial charge in [-0.25, -0.2) is 0 Å². The maximum atomic E-state index is 11.9. The van der Waals surface area contributed by atoms with Gasteiger partial charge in [-0.15, -0.1) is 0 Å². The van der Waals surface area contributed by atoms with Crippen molar-refractivity contribution in [2.45, 2.75) is 26.8 Å². The minimum absolute atomic E-state index is 0.163. The zero-order valence-corrected chi connectivity index (χ0v) is 10.3. The van der Waals surface area contributed by atoms with Gasteiger partial charge in [0.15, 0.2) is 0 Å². The molecule has 4 nitrogen and oxygen atoms in total. The van der Waals surface area contributed by atoms with Crippen LogP contribution in [-0.4, -0.2) is 28.7 Å². The first-order valence-corrected chi connectivity index (χ1v) is 5.96. The molecule has 1 saturated heterocycles. The van der Waals surface area contributed by atoms with E-state index in [9.17, 15) is 4.79 Å². The highest BCUT2D eigenvalue weighted by Gasteiger charge is 2.26. The molecule has 0 unspecified atom stereocenters. The van der Waals surface area contributed by atoms with Gasteiger partial charge in [0.05, 0.1) is 22.8 Å². The largest absolute Gasteiger partial charge is 0.315 e. The third-order valence-corrected chi connectivity index (χ3v) is 3.52. The Morgan fingerprint density at radius 1 is 1.62 bits per heavy atom. The lowest BCUT2D eigenvalue weighted by atomic mass is 9.95. The second kappa shape index (κ2) is 4.55. The van der Waals surface area contributed by atoms with E-state index in [1.54, 1.807) is 0 Å². The Labute approximate surface area is 100.0 Å². The van der Waals surface area contributed by atoms with Crippen LogP contribution < -0.4 is 5.32 Å². The monoisotopic (exact) mass is 241 g/mol. The summed E-state index contributed by atoms with van der Waals surface area (Å²) >= 11 is 6.15. The topological polar surface area (TPSA) is 46.9 Å². The number of aryl methyl sites for hydroxylation is 2. The first-order valence-electron chi connectivity index (χ1n) is 5.58. The lowest BCUT2D eigenvalue weighted by Crippen LogP contribution is -2.47. The molecule has 2 rings (SSSR count). The van der Waals surface area contributed by atoms with Crippen molar-refractivity contribution in [1.29, 1.82) is 0 Å². The van der Waals surface area contributed by atoms with Crippen LogP contribution in [0, 0.1) is 12.8 Å². The molecule has 0 amide bonds. The van der Waals surface area contributed by atoms with E-state index < -0.39 is 0 Å². The van der Waals surface area contributed by atoms with Crippen LogP contribution in [0.15, 0.2) is 0 Å². The van der Waals surface area contributed by atoms with E-state index in [4.69, 9.17) is 11.6 Å². The molecule has 1 N–H and O–H groups in total. The van der Waals surface area contributed by atoms with Crippen molar-refractivity contribution in [2.75, 3.05) is 13.1 Å². The summed E-state index contributed by atoms with van der Waals surface area (Å²) in [6.07, 6.45) is 0.403. The fourth-order valence-electron chi connectivity index (χ4n) is 1.86. The Bertz CT molecular complexity index is 410. The van der Waals surface area contributed by atoms with Gasteiger partial charge in [-0.05, 0) is 13.8 Å². The Morgan fingerprint density at radius 3 is 2.81 bits per heavy atom. The summed E-state index contributed by atoms with van der Waals surface area (Å²) < 4.78 is 1.82. The zero-order valence-electron chi connectivity index (χ0n) is 9.59. The minimum atomic E-state index is 0.163. The number of nitrogens with one attached hydrogen (secondary N) is 1. The number of hydrogen-bond acceptors (Lipinski definition) is 3. The molecule has 0 spiro atoms. The molecule has 1 aliphatic heterocycles. The molecule has 0 radical (unpaired) electrons. The Hall–Kier alpha value is -0.870. The zero-order chi connectivity index (χ0) is 11.7. The molecular weight excluding hydrogens is 226 g/mol. The SMILES string of the molecule is CCn1nc(C)c(Cl)c1CC(=O)C1CNC1. The summed E-state index contributed by atoms with van der Waals surface area (Å²) in [6, 6.07) is 0. The molecule has 1 aromatic heterocycles. The molecular formula is C11H16ClN3O. The number of ketones is 1. The molecule has 0 saturated carbocycles. The highest BCUT2D eigenvalue weighted by molar-refractivity contribution is 6.32. The molecule has 88 valence electrons. The number of nitrogens with zero attached hydrogens (tertiary/aromatic N) is 2. The third kappa shape index (κ3) is 1.99. The van der Waals surface area contributed by atoms with Gasteiger partial charge in [-0.3, -0.25) is 9.48 Å². The quantitative estimate of drug-likeness (QED) is 0.862. The van der Waals surface area contributed by atoms with Crippen LogP contribution in [0.5, 0.6) is 0 Å².